The van der Waals surface area contributed by atoms with Crippen molar-refractivity contribution in [1.29, 1.82) is 0 Å². The zero-order valence-corrected chi connectivity index (χ0v) is 8.24. The third-order valence-electron chi connectivity index (χ3n) is 2.20. The molecule has 1 heterocycles. The summed E-state index contributed by atoms with van der Waals surface area (Å²) in [5.41, 5.74) is 1.71. The van der Waals surface area contributed by atoms with Crippen LogP contribution < -0.4 is 0 Å². The summed E-state index contributed by atoms with van der Waals surface area (Å²) in [5, 5.41) is 9.91. The quantitative estimate of drug-likeness (QED) is 0.821. The van der Waals surface area contributed by atoms with Crippen LogP contribution in [0.5, 0.6) is 0 Å². The molecule has 2 rings (SSSR count). The number of hydrogen-bond acceptors (Lipinski definition) is 3. The van der Waals surface area contributed by atoms with Crippen molar-refractivity contribution < 1.29 is 5.11 Å². The first kappa shape index (κ1) is 9.80. The molecule has 0 spiro atoms. The maximum Gasteiger partial charge on any atom is 0.0846 e. The van der Waals surface area contributed by atoms with Crippen molar-refractivity contribution in [2.45, 2.75) is 12.5 Å². The molecule has 0 radical (unpaired) electrons. The van der Waals surface area contributed by atoms with Crippen molar-refractivity contribution in [3.05, 3.63) is 60.2 Å². The average Bonchev–Trinajstić information content (AvgIpc) is 2.31. The monoisotopic (exact) mass is 200 g/mol. The van der Waals surface area contributed by atoms with E-state index in [2.05, 4.69) is 9.97 Å². The SMILES string of the molecule is O[C@@H](Cc1cnccn1)c1ccccc1. The van der Waals surface area contributed by atoms with Crippen LogP contribution in [-0.2, 0) is 6.42 Å². The van der Waals surface area contributed by atoms with Gasteiger partial charge in [0.2, 0.25) is 0 Å². The number of hydrogen-bond donors (Lipinski definition) is 1. The predicted molar refractivity (Wildman–Crippen MR) is 57.1 cm³/mol. The summed E-state index contributed by atoms with van der Waals surface area (Å²) in [4.78, 5) is 8.08. The number of aromatic nitrogens is 2. The highest BCUT2D eigenvalue weighted by Crippen LogP contribution is 2.15. The van der Waals surface area contributed by atoms with E-state index in [-0.39, 0.29) is 0 Å². The molecular weight excluding hydrogens is 188 g/mol. The van der Waals surface area contributed by atoms with Crippen molar-refractivity contribution in [3.63, 3.8) is 0 Å². The second-order valence-electron chi connectivity index (χ2n) is 3.33. The van der Waals surface area contributed by atoms with Gasteiger partial charge in [0.05, 0.1) is 11.8 Å². The second-order valence-corrected chi connectivity index (χ2v) is 3.33. The van der Waals surface area contributed by atoms with Crippen LogP contribution in [0.3, 0.4) is 0 Å². The van der Waals surface area contributed by atoms with Crippen molar-refractivity contribution in [3.8, 4) is 0 Å². The molecule has 2 aromatic rings. The molecule has 15 heavy (non-hydrogen) atoms. The minimum absolute atomic E-state index is 0.498. The third kappa shape index (κ3) is 2.60. The molecule has 0 bridgehead atoms. The molecule has 3 nitrogen and oxygen atoms in total. The summed E-state index contributed by atoms with van der Waals surface area (Å²) in [6.07, 6.45) is 4.91. The minimum atomic E-state index is -0.511. The van der Waals surface area contributed by atoms with Gasteiger partial charge in [0.1, 0.15) is 0 Å². The number of nitrogens with zero attached hydrogens (tertiary/aromatic N) is 2. The molecule has 0 aliphatic heterocycles. The van der Waals surface area contributed by atoms with Gasteiger partial charge in [-0.1, -0.05) is 30.3 Å². The Bertz CT molecular complexity index is 402. The van der Waals surface area contributed by atoms with Gasteiger partial charge in [-0.15, -0.1) is 0 Å². The topological polar surface area (TPSA) is 46.0 Å². The second kappa shape index (κ2) is 4.66. The van der Waals surface area contributed by atoms with E-state index in [9.17, 15) is 5.11 Å². The van der Waals surface area contributed by atoms with E-state index in [1.807, 2.05) is 30.3 Å². The van der Waals surface area contributed by atoms with E-state index in [0.717, 1.165) is 11.3 Å². The van der Waals surface area contributed by atoms with E-state index >= 15 is 0 Å². The highest BCUT2D eigenvalue weighted by atomic mass is 16.3. The highest BCUT2D eigenvalue weighted by Gasteiger charge is 2.08. The number of benzene rings is 1. The lowest BCUT2D eigenvalue weighted by Gasteiger charge is -2.09. The van der Waals surface area contributed by atoms with Gasteiger partial charge in [-0.3, -0.25) is 9.97 Å². The molecule has 1 aromatic heterocycles. The first-order valence-electron chi connectivity index (χ1n) is 4.84. The number of aliphatic hydroxyl groups excluding tert-OH is 1. The molecule has 0 unspecified atom stereocenters. The molecule has 0 aliphatic carbocycles. The van der Waals surface area contributed by atoms with Gasteiger partial charge < -0.3 is 5.11 Å². The van der Waals surface area contributed by atoms with Gasteiger partial charge in [-0.25, -0.2) is 0 Å². The van der Waals surface area contributed by atoms with Crippen LogP contribution in [-0.4, -0.2) is 15.1 Å². The van der Waals surface area contributed by atoms with Crippen LogP contribution in [0.4, 0.5) is 0 Å². The van der Waals surface area contributed by atoms with Crippen molar-refractivity contribution in [1.82, 2.24) is 9.97 Å². The molecular formula is C12H12N2O. The zero-order chi connectivity index (χ0) is 10.5. The van der Waals surface area contributed by atoms with Crippen LogP contribution in [0, 0.1) is 0 Å². The molecule has 1 atom stereocenters. The fraction of sp³-hybridized carbons (Fsp3) is 0.167. The van der Waals surface area contributed by atoms with Gasteiger partial charge in [0.15, 0.2) is 0 Å². The lowest BCUT2D eigenvalue weighted by Crippen LogP contribution is -2.03. The van der Waals surface area contributed by atoms with E-state index in [4.69, 9.17) is 0 Å². The van der Waals surface area contributed by atoms with Gasteiger partial charge in [-0.2, -0.15) is 0 Å². The third-order valence-corrected chi connectivity index (χ3v) is 2.20. The van der Waals surface area contributed by atoms with E-state index < -0.39 is 6.10 Å². The Balaban J connectivity index is 2.08. The van der Waals surface area contributed by atoms with Gasteiger partial charge >= 0.3 is 0 Å². The van der Waals surface area contributed by atoms with Crippen LogP contribution >= 0.6 is 0 Å². The predicted octanol–water partition coefficient (Wildman–Crippen LogP) is 1.75. The summed E-state index contributed by atoms with van der Waals surface area (Å²) in [6, 6.07) is 9.56. The van der Waals surface area contributed by atoms with Gasteiger partial charge in [-0.05, 0) is 5.56 Å². The lowest BCUT2D eigenvalue weighted by atomic mass is 10.1. The normalized spacial score (nSPS) is 12.3. The smallest absolute Gasteiger partial charge is 0.0846 e. The Morgan fingerprint density at radius 2 is 1.93 bits per heavy atom. The van der Waals surface area contributed by atoms with Crippen molar-refractivity contribution in [2.24, 2.45) is 0 Å². The average molecular weight is 200 g/mol. The molecule has 0 fully saturated rings. The fourth-order valence-corrected chi connectivity index (χ4v) is 1.43. The Labute approximate surface area is 88.5 Å². The van der Waals surface area contributed by atoms with E-state index in [1.54, 1.807) is 18.6 Å². The molecule has 0 amide bonds. The largest absolute Gasteiger partial charge is 0.388 e. The molecule has 3 heteroatoms. The van der Waals surface area contributed by atoms with Crippen LogP contribution in [0.1, 0.15) is 17.4 Å². The Kier molecular flexibility index (Phi) is 3.05. The van der Waals surface area contributed by atoms with Crippen molar-refractivity contribution in [2.75, 3.05) is 0 Å². The van der Waals surface area contributed by atoms with Crippen LogP contribution in [0.25, 0.3) is 0 Å². The summed E-state index contributed by atoms with van der Waals surface area (Å²) in [5.74, 6) is 0. The minimum Gasteiger partial charge on any atom is -0.388 e. The van der Waals surface area contributed by atoms with E-state index in [0.29, 0.717) is 6.42 Å². The highest BCUT2D eigenvalue weighted by molar-refractivity contribution is 5.18. The van der Waals surface area contributed by atoms with Crippen LogP contribution in [0.15, 0.2) is 48.9 Å². The molecule has 76 valence electrons. The number of aliphatic hydroxyl groups is 1. The summed E-state index contributed by atoms with van der Waals surface area (Å²) >= 11 is 0. The van der Waals surface area contributed by atoms with Crippen molar-refractivity contribution >= 4 is 0 Å². The Morgan fingerprint density at radius 1 is 1.13 bits per heavy atom. The summed E-state index contributed by atoms with van der Waals surface area (Å²) in [6.45, 7) is 0. The van der Waals surface area contributed by atoms with Crippen LogP contribution in [0.2, 0.25) is 0 Å². The standard InChI is InChI=1S/C12H12N2O/c15-12(10-4-2-1-3-5-10)8-11-9-13-6-7-14-11/h1-7,9,12,15H,8H2/t12-/m0/s1. The Morgan fingerprint density at radius 3 is 2.60 bits per heavy atom. The van der Waals surface area contributed by atoms with Gasteiger partial charge in [0, 0.05) is 25.0 Å². The molecule has 0 saturated heterocycles. The molecule has 1 aromatic carbocycles. The lowest BCUT2D eigenvalue weighted by molar-refractivity contribution is 0.177. The molecule has 0 aliphatic rings. The molecule has 1 N–H and O–H groups in total. The first-order valence-corrected chi connectivity index (χ1v) is 4.84. The first-order chi connectivity index (χ1) is 7.36. The number of rotatable bonds is 3. The summed E-state index contributed by atoms with van der Waals surface area (Å²) in [7, 11) is 0. The summed E-state index contributed by atoms with van der Waals surface area (Å²) < 4.78 is 0. The maximum atomic E-state index is 9.91. The maximum absolute atomic E-state index is 9.91. The Hall–Kier alpha value is -1.74. The van der Waals surface area contributed by atoms with E-state index in [1.165, 1.54) is 0 Å². The fourth-order valence-electron chi connectivity index (χ4n) is 1.43. The van der Waals surface area contributed by atoms with Gasteiger partial charge in [0.25, 0.3) is 0 Å². The zero-order valence-electron chi connectivity index (χ0n) is 8.24. The molecule has 0 saturated carbocycles.